The Kier molecular flexibility index (Phi) is 6.87. The van der Waals surface area contributed by atoms with Crippen molar-refractivity contribution in [2.75, 3.05) is 46.0 Å². The summed E-state index contributed by atoms with van der Waals surface area (Å²) in [5.74, 6) is 0.816. The second-order valence-corrected chi connectivity index (χ2v) is 6.68. The molecule has 0 aromatic heterocycles. The van der Waals surface area contributed by atoms with Gasteiger partial charge in [0.15, 0.2) is 0 Å². The first-order valence-electron chi connectivity index (χ1n) is 8.51. The molecule has 1 aliphatic rings. The third-order valence-electron chi connectivity index (χ3n) is 4.23. The van der Waals surface area contributed by atoms with E-state index in [0.29, 0.717) is 19.7 Å². The number of urea groups is 1. The zero-order chi connectivity index (χ0) is 17.4. The highest BCUT2D eigenvalue weighted by Crippen LogP contribution is 2.15. The zero-order valence-electron chi connectivity index (χ0n) is 14.9. The van der Waals surface area contributed by atoms with E-state index in [4.69, 9.17) is 9.47 Å². The van der Waals surface area contributed by atoms with Crippen LogP contribution >= 0.6 is 0 Å². The highest BCUT2D eigenvalue weighted by atomic mass is 16.5. The number of carbonyl (C=O) groups is 1. The van der Waals surface area contributed by atoms with E-state index in [0.717, 1.165) is 32.1 Å². The van der Waals surface area contributed by atoms with E-state index in [2.05, 4.69) is 29.4 Å². The lowest BCUT2D eigenvalue weighted by Gasteiger charge is -2.40. The Hall–Kier alpha value is -1.79. The average molecular weight is 335 g/mol. The van der Waals surface area contributed by atoms with Gasteiger partial charge in [0.25, 0.3) is 0 Å². The quantitative estimate of drug-likeness (QED) is 0.746. The lowest BCUT2D eigenvalue weighted by Crippen LogP contribution is -2.56. The van der Waals surface area contributed by atoms with Gasteiger partial charge in [0.2, 0.25) is 0 Å². The lowest BCUT2D eigenvalue weighted by molar-refractivity contribution is -0.00874. The standard InChI is InChI=1S/C18H29N3O3/c1-15-4-6-16(7-5-15)24-11-8-19-17(22)20-14-18(2,3)21-9-12-23-13-10-21/h4-7H,8-14H2,1-3H3,(H2,19,20,22). The number of carbonyl (C=O) groups excluding carboxylic acids is 1. The van der Waals surface area contributed by atoms with Gasteiger partial charge in [-0.25, -0.2) is 4.79 Å². The molecule has 6 heteroatoms. The number of aryl methyl sites for hydroxylation is 1. The van der Waals surface area contributed by atoms with E-state index in [9.17, 15) is 4.79 Å². The van der Waals surface area contributed by atoms with E-state index in [1.165, 1.54) is 5.56 Å². The summed E-state index contributed by atoms with van der Waals surface area (Å²) in [4.78, 5) is 14.3. The first kappa shape index (κ1) is 18.5. The Balaban J connectivity index is 1.61. The molecule has 0 saturated carbocycles. The highest BCUT2D eigenvalue weighted by Gasteiger charge is 2.28. The molecule has 2 N–H and O–H groups in total. The third-order valence-corrected chi connectivity index (χ3v) is 4.23. The summed E-state index contributed by atoms with van der Waals surface area (Å²) < 4.78 is 11.0. The van der Waals surface area contributed by atoms with E-state index < -0.39 is 0 Å². The molecule has 24 heavy (non-hydrogen) atoms. The summed E-state index contributed by atoms with van der Waals surface area (Å²) in [6.45, 7) is 11.1. The van der Waals surface area contributed by atoms with Crippen molar-refractivity contribution in [1.29, 1.82) is 0 Å². The topological polar surface area (TPSA) is 62.8 Å². The number of benzene rings is 1. The average Bonchev–Trinajstić information content (AvgIpc) is 2.59. The third kappa shape index (κ3) is 6.02. The maximum atomic E-state index is 11.9. The minimum Gasteiger partial charge on any atom is -0.492 e. The fourth-order valence-corrected chi connectivity index (χ4v) is 2.61. The number of nitrogens with one attached hydrogen (secondary N) is 2. The van der Waals surface area contributed by atoms with Gasteiger partial charge in [0.1, 0.15) is 12.4 Å². The number of rotatable bonds is 7. The second kappa shape index (κ2) is 8.89. The van der Waals surface area contributed by atoms with E-state index in [-0.39, 0.29) is 11.6 Å². The summed E-state index contributed by atoms with van der Waals surface area (Å²) in [6, 6.07) is 7.70. The molecule has 134 valence electrons. The molecule has 1 aliphatic heterocycles. The van der Waals surface area contributed by atoms with Gasteiger partial charge >= 0.3 is 6.03 Å². The van der Waals surface area contributed by atoms with Gasteiger partial charge < -0.3 is 20.1 Å². The van der Waals surface area contributed by atoms with Gasteiger partial charge in [-0.05, 0) is 32.9 Å². The zero-order valence-corrected chi connectivity index (χ0v) is 14.9. The Morgan fingerprint density at radius 3 is 2.54 bits per heavy atom. The van der Waals surface area contributed by atoms with Crippen molar-refractivity contribution in [1.82, 2.24) is 15.5 Å². The summed E-state index contributed by atoms with van der Waals surface area (Å²) >= 11 is 0. The van der Waals surface area contributed by atoms with Crippen LogP contribution in [0, 0.1) is 6.92 Å². The van der Waals surface area contributed by atoms with Crippen molar-refractivity contribution in [3.8, 4) is 5.75 Å². The monoisotopic (exact) mass is 335 g/mol. The van der Waals surface area contributed by atoms with Crippen LogP contribution in [0.1, 0.15) is 19.4 Å². The Bertz CT molecular complexity index is 511. The molecule has 1 heterocycles. The minimum atomic E-state index is -0.163. The molecule has 0 spiro atoms. The van der Waals surface area contributed by atoms with Crippen LogP contribution in [0.15, 0.2) is 24.3 Å². The predicted molar refractivity (Wildman–Crippen MR) is 94.5 cm³/mol. The second-order valence-electron chi connectivity index (χ2n) is 6.68. The number of nitrogens with zero attached hydrogens (tertiary/aromatic N) is 1. The molecule has 1 fully saturated rings. The molecule has 2 amide bonds. The summed E-state index contributed by atoms with van der Waals surface area (Å²) in [5.41, 5.74) is 1.11. The first-order valence-corrected chi connectivity index (χ1v) is 8.51. The lowest BCUT2D eigenvalue weighted by atomic mass is 10.0. The number of hydrogen-bond donors (Lipinski definition) is 2. The van der Waals surface area contributed by atoms with Crippen LogP contribution in [0.3, 0.4) is 0 Å². The van der Waals surface area contributed by atoms with Crippen LogP contribution in [0.2, 0.25) is 0 Å². The maximum absolute atomic E-state index is 11.9. The van der Waals surface area contributed by atoms with Gasteiger partial charge in [-0.3, -0.25) is 4.90 Å². The maximum Gasteiger partial charge on any atom is 0.314 e. The molecular weight excluding hydrogens is 306 g/mol. The van der Waals surface area contributed by atoms with Crippen molar-refractivity contribution in [2.24, 2.45) is 0 Å². The first-order chi connectivity index (χ1) is 11.5. The van der Waals surface area contributed by atoms with Gasteiger partial charge in [-0.1, -0.05) is 17.7 Å². The normalized spacial score (nSPS) is 15.8. The molecule has 0 radical (unpaired) electrons. The SMILES string of the molecule is Cc1ccc(OCCNC(=O)NCC(C)(C)N2CCOCC2)cc1. The Morgan fingerprint density at radius 2 is 1.88 bits per heavy atom. The van der Waals surface area contributed by atoms with Crippen LogP contribution in [0.4, 0.5) is 4.79 Å². The van der Waals surface area contributed by atoms with E-state index in [1.54, 1.807) is 0 Å². The van der Waals surface area contributed by atoms with Crippen molar-refractivity contribution in [3.05, 3.63) is 29.8 Å². The molecule has 1 aromatic carbocycles. The molecule has 6 nitrogen and oxygen atoms in total. The largest absolute Gasteiger partial charge is 0.492 e. The molecule has 0 unspecified atom stereocenters. The Morgan fingerprint density at radius 1 is 1.21 bits per heavy atom. The summed E-state index contributed by atoms with van der Waals surface area (Å²) in [7, 11) is 0. The molecule has 0 aliphatic carbocycles. The summed E-state index contributed by atoms with van der Waals surface area (Å²) in [6.07, 6.45) is 0. The predicted octanol–water partition coefficient (Wildman–Crippen LogP) is 1.78. The van der Waals surface area contributed by atoms with E-state index in [1.807, 2.05) is 31.2 Å². The van der Waals surface area contributed by atoms with Crippen LogP contribution in [0.25, 0.3) is 0 Å². The van der Waals surface area contributed by atoms with E-state index >= 15 is 0 Å². The molecule has 0 atom stereocenters. The number of ether oxygens (including phenoxy) is 2. The van der Waals surface area contributed by atoms with Crippen LogP contribution in [-0.2, 0) is 4.74 Å². The fourth-order valence-electron chi connectivity index (χ4n) is 2.61. The van der Waals surface area contributed by atoms with Crippen molar-refractivity contribution in [3.63, 3.8) is 0 Å². The van der Waals surface area contributed by atoms with Crippen molar-refractivity contribution >= 4 is 6.03 Å². The minimum absolute atomic E-state index is 0.0838. The molecule has 0 bridgehead atoms. The molecule has 1 aromatic rings. The van der Waals surface area contributed by atoms with Crippen LogP contribution in [0.5, 0.6) is 5.75 Å². The smallest absolute Gasteiger partial charge is 0.314 e. The van der Waals surface area contributed by atoms with Crippen molar-refractivity contribution < 1.29 is 14.3 Å². The fraction of sp³-hybridized carbons (Fsp3) is 0.611. The number of morpholine rings is 1. The molecular formula is C18H29N3O3. The number of amides is 2. The van der Waals surface area contributed by atoms with Crippen LogP contribution in [-0.4, -0.2) is 62.5 Å². The Labute approximate surface area is 144 Å². The highest BCUT2D eigenvalue weighted by molar-refractivity contribution is 5.73. The van der Waals surface area contributed by atoms with Gasteiger partial charge in [-0.2, -0.15) is 0 Å². The van der Waals surface area contributed by atoms with Crippen molar-refractivity contribution in [2.45, 2.75) is 26.3 Å². The van der Waals surface area contributed by atoms with Gasteiger partial charge in [-0.15, -0.1) is 0 Å². The molecule has 1 saturated heterocycles. The number of hydrogen-bond acceptors (Lipinski definition) is 4. The summed E-state index contributed by atoms with van der Waals surface area (Å²) in [5, 5.41) is 5.76. The van der Waals surface area contributed by atoms with Crippen LogP contribution < -0.4 is 15.4 Å². The molecule has 2 rings (SSSR count). The van der Waals surface area contributed by atoms with Gasteiger partial charge in [0.05, 0.1) is 19.8 Å². The van der Waals surface area contributed by atoms with Gasteiger partial charge in [0, 0.05) is 25.2 Å².